The van der Waals surface area contributed by atoms with Gasteiger partial charge in [-0.15, -0.1) is 0 Å². The van der Waals surface area contributed by atoms with Gasteiger partial charge < -0.3 is 0 Å². The molecule has 132 valence electrons. The van der Waals surface area contributed by atoms with E-state index in [1.54, 1.807) is 11.8 Å². The Morgan fingerprint density at radius 2 is 0.818 bits per heavy atom. The van der Waals surface area contributed by atoms with Crippen LogP contribution in [0.4, 0.5) is 0 Å². The van der Waals surface area contributed by atoms with E-state index in [1.807, 2.05) is 40.2 Å². The molecule has 0 aromatic carbocycles. The van der Waals surface area contributed by atoms with E-state index in [2.05, 4.69) is 48.6 Å². The fourth-order valence-corrected chi connectivity index (χ4v) is 0.786. The smallest absolute Gasteiger partial charge is 0.144 e. The summed E-state index contributed by atoms with van der Waals surface area (Å²) in [6, 6.07) is 0. The molecule has 0 spiro atoms. The summed E-state index contributed by atoms with van der Waals surface area (Å²) < 4.78 is 19.3. The Morgan fingerprint density at radius 3 is 0.864 bits per heavy atom. The third-order valence-corrected chi connectivity index (χ3v) is 1.31. The number of sulfone groups is 1. The summed E-state index contributed by atoms with van der Waals surface area (Å²) in [5.41, 5.74) is 0. The van der Waals surface area contributed by atoms with Crippen molar-refractivity contribution in [3.8, 4) is 0 Å². The van der Waals surface area contributed by atoms with Crippen molar-refractivity contribution in [3.05, 3.63) is 48.6 Å². The SMILES string of the molecule is C1=CCC=C1.C1=CCC=C1.CC.CC.CS(C)(=O)=O.CSC. The lowest BCUT2D eigenvalue weighted by Gasteiger charge is -1.69. The highest BCUT2D eigenvalue weighted by Gasteiger charge is 1.79. The monoisotopic (exact) mass is 348 g/mol. The first kappa shape index (κ1) is 29.3. The van der Waals surface area contributed by atoms with Crippen LogP contribution in [0.15, 0.2) is 48.6 Å². The van der Waals surface area contributed by atoms with Gasteiger partial charge in [0.25, 0.3) is 0 Å². The van der Waals surface area contributed by atoms with Crippen molar-refractivity contribution in [2.45, 2.75) is 40.5 Å². The second-order valence-electron chi connectivity index (χ2n) is 3.74. The summed E-state index contributed by atoms with van der Waals surface area (Å²) >= 11 is 1.75. The molecule has 2 rings (SSSR count). The molecule has 4 heteroatoms. The van der Waals surface area contributed by atoms with Crippen LogP contribution in [0, 0.1) is 0 Å². The van der Waals surface area contributed by atoms with Gasteiger partial charge in [-0.05, 0) is 25.4 Å². The molecule has 0 fully saturated rings. The van der Waals surface area contributed by atoms with Gasteiger partial charge in [-0.2, -0.15) is 11.8 Å². The summed E-state index contributed by atoms with van der Waals surface area (Å²) in [7, 11) is -2.67. The Bertz CT molecular complexity index is 326. The average molecular weight is 349 g/mol. The Hall–Kier alpha value is -0.740. The van der Waals surface area contributed by atoms with E-state index in [1.165, 1.54) is 0 Å². The van der Waals surface area contributed by atoms with Crippen molar-refractivity contribution >= 4 is 21.6 Å². The second-order valence-corrected chi connectivity index (χ2v) is 6.84. The number of hydrogen-bond donors (Lipinski definition) is 0. The molecule has 0 radical (unpaired) electrons. The topological polar surface area (TPSA) is 34.1 Å². The fraction of sp³-hybridized carbons (Fsp3) is 0.556. The summed E-state index contributed by atoms with van der Waals surface area (Å²) in [6.45, 7) is 8.00. The lowest BCUT2D eigenvalue weighted by atomic mass is 10.5. The highest BCUT2D eigenvalue weighted by molar-refractivity contribution is 7.97. The molecule has 0 bridgehead atoms. The Kier molecular flexibility index (Phi) is 37.8. The zero-order valence-corrected chi connectivity index (χ0v) is 17.3. The number of rotatable bonds is 0. The van der Waals surface area contributed by atoms with E-state index in [-0.39, 0.29) is 0 Å². The third kappa shape index (κ3) is 74.9. The van der Waals surface area contributed by atoms with Crippen LogP contribution in [0.5, 0.6) is 0 Å². The summed E-state index contributed by atoms with van der Waals surface area (Å²) in [6.07, 6.45) is 25.4. The van der Waals surface area contributed by atoms with E-state index in [4.69, 9.17) is 0 Å². The first-order chi connectivity index (χ1) is 10.4. The second kappa shape index (κ2) is 28.4. The van der Waals surface area contributed by atoms with Gasteiger partial charge >= 0.3 is 0 Å². The average Bonchev–Trinajstić information content (AvgIpc) is 3.20. The number of thioether (sulfide) groups is 1. The lowest BCUT2D eigenvalue weighted by Crippen LogP contribution is -1.86. The molecule has 0 atom stereocenters. The summed E-state index contributed by atoms with van der Waals surface area (Å²) in [5, 5.41) is 0. The van der Waals surface area contributed by atoms with Crippen molar-refractivity contribution in [1.29, 1.82) is 0 Å². The molecule has 0 saturated heterocycles. The summed E-state index contributed by atoms with van der Waals surface area (Å²) in [5.74, 6) is 0. The molecule has 22 heavy (non-hydrogen) atoms. The molecule has 2 aliphatic carbocycles. The van der Waals surface area contributed by atoms with Gasteiger partial charge in [0.2, 0.25) is 0 Å². The van der Waals surface area contributed by atoms with Crippen LogP contribution in [0.25, 0.3) is 0 Å². The first-order valence-corrected chi connectivity index (χ1v) is 11.5. The van der Waals surface area contributed by atoms with E-state index in [0.29, 0.717) is 0 Å². The van der Waals surface area contributed by atoms with Crippen molar-refractivity contribution in [2.75, 3.05) is 25.0 Å². The van der Waals surface area contributed by atoms with Gasteiger partial charge in [-0.3, -0.25) is 0 Å². The molecule has 0 aromatic rings. The molecule has 2 aliphatic rings. The van der Waals surface area contributed by atoms with Crippen molar-refractivity contribution in [3.63, 3.8) is 0 Å². The maximum atomic E-state index is 9.63. The molecule has 2 nitrogen and oxygen atoms in total. The van der Waals surface area contributed by atoms with Crippen LogP contribution < -0.4 is 0 Å². The van der Waals surface area contributed by atoms with Crippen LogP contribution in [0.3, 0.4) is 0 Å². The molecular weight excluding hydrogens is 312 g/mol. The molecule has 0 heterocycles. The van der Waals surface area contributed by atoms with E-state index < -0.39 is 9.84 Å². The third-order valence-electron chi connectivity index (χ3n) is 1.31. The Balaban J connectivity index is -0.0000000926. The first-order valence-electron chi connectivity index (χ1n) is 7.60. The molecule has 0 N–H and O–H groups in total. The normalized spacial score (nSPS) is 12.0. The summed E-state index contributed by atoms with van der Waals surface area (Å²) in [4.78, 5) is 0. The van der Waals surface area contributed by atoms with Gasteiger partial charge in [0.1, 0.15) is 9.84 Å². The van der Waals surface area contributed by atoms with Crippen molar-refractivity contribution in [2.24, 2.45) is 0 Å². The van der Waals surface area contributed by atoms with Crippen LogP contribution in [-0.4, -0.2) is 33.4 Å². The maximum Gasteiger partial charge on any atom is 0.144 e. The minimum absolute atomic E-state index is 1.14. The van der Waals surface area contributed by atoms with Gasteiger partial charge in [0.05, 0.1) is 0 Å². The standard InChI is InChI=1S/2C5H6.C2H6O2S.C2H6S.2C2H6/c2*1-2-4-5-3-1;1-5(2,3)4;1-3-2;2*1-2/h2*1-4H,5H2;1-2H3;1-2H3;2*1-2H3. The van der Waals surface area contributed by atoms with E-state index in [9.17, 15) is 8.42 Å². The largest absolute Gasteiger partial charge is 0.229 e. The van der Waals surface area contributed by atoms with Gasteiger partial charge in [0, 0.05) is 12.5 Å². The zero-order valence-electron chi connectivity index (χ0n) is 15.7. The predicted molar refractivity (Wildman–Crippen MR) is 109 cm³/mol. The Morgan fingerprint density at radius 1 is 0.682 bits per heavy atom. The molecule has 0 amide bonds. The van der Waals surface area contributed by atoms with Gasteiger partial charge in [-0.1, -0.05) is 76.3 Å². The number of allylic oxidation sites excluding steroid dienone is 8. The molecule has 0 aromatic heterocycles. The maximum absolute atomic E-state index is 9.63. The van der Waals surface area contributed by atoms with Crippen molar-refractivity contribution < 1.29 is 8.42 Å². The predicted octanol–water partition coefficient (Wildman–Crippen LogP) is 5.70. The van der Waals surface area contributed by atoms with Crippen LogP contribution in [0.1, 0.15) is 40.5 Å². The highest BCUT2D eigenvalue weighted by Crippen LogP contribution is 1.93. The lowest BCUT2D eigenvalue weighted by molar-refractivity contribution is 0.607. The Labute approximate surface area is 144 Å². The zero-order chi connectivity index (χ0) is 18.3. The van der Waals surface area contributed by atoms with Gasteiger partial charge in [-0.25, -0.2) is 8.42 Å². The minimum Gasteiger partial charge on any atom is -0.229 e. The number of hydrogen-bond acceptors (Lipinski definition) is 3. The molecule has 0 unspecified atom stereocenters. The fourth-order valence-electron chi connectivity index (χ4n) is 0.786. The van der Waals surface area contributed by atoms with Crippen LogP contribution in [0.2, 0.25) is 0 Å². The molecule has 0 aliphatic heterocycles. The van der Waals surface area contributed by atoms with Crippen molar-refractivity contribution in [1.82, 2.24) is 0 Å². The highest BCUT2D eigenvalue weighted by atomic mass is 32.2. The van der Waals surface area contributed by atoms with Crippen LogP contribution in [-0.2, 0) is 9.84 Å². The van der Waals surface area contributed by atoms with Gasteiger partial charge in [0.15, 0.2) is 0 Å². The van der Waals surface area contributed by atoms with Crippen LogP contribution >= 0.6 is 11.8 Å². The quantitative estimate of drug-likeness (QED) is 0.563. The molecule has 0 saturated carbocycles. The van der Waals surface area contributed by atoms with E-state index >= 15 is 0 Å². The minimum atomic E-state index is -2.67. The van der Waals surface area contributed by atoms with E-state index in [0.717, 1.165) is 25.4 Å². The molecular formula is C18H36O2S2.